The monoisotopic (exact) mass is 1880 g/mol. The molecule has 12 aromatic rings. The molecule has 3 atom stereocenters. The molecule has 16 rings (SSSR count). The summed E-state index contributed by atoms with van der Waals surface area (Å²) in [5, 5.41) is 55.5. The van der Waals surface area contributed by atoms with E-state index in [9.17, 15) is 53.7 Å². The van der Waals surface area contributed by atoms with Crippen LogP contribution >= 0.6 is 81.2 Å². The summed E-state index contributed by atoms with van der Waals surface area (Å²) < 4.78 is 39.5. The summed E-state index contributed by atoms with van der Waals surface area (Å²) in [5.74, 6) is -5.40. The summed E-state index contributed by atoms with van der Waals surface area (Å²) >= 11 is 44.1. The molecule has 8 aromatic carbocycles. The molecule has 672 valence electrons. The van der Waals surface area contributed by atoms with Crippen LogP contribution in [0.15, 0.2) is 152 Å². The largest absolute Gasteiger partial charge is 0.495 e. The number of carboxylic acid groups (broad SMARTS) is 4. The van der Waals surface area contributed by atoms with Crippen LogP contribution in [0.25, 0.3) is 43.6 Å². The maximum atomic E-state index is 13.3. The number of aromatic nitrogens is 4. The molecule has 4 aliphatic heterocycles. The molecular weight excluding hydrogens is 1790 g/mol. The topological polar surface area (TPSA) is 341 Å². The normalized spacial score (nSPS) is 15.7. The third-order valence-electron chi connectivity index (χ3n) is 24.4. The number of aliphatic carboxylic acids is 4. The molecule has 0 radical (unpaired) electrons. The third-order valence-corrected chi connectivity index (χ3v) is 27.3. The zero-order valence-electron chi connectivity index (χ0n) is 72.1. The lowest BCUT2D eigenvalue weighted by Crippen LogP contribution is -2.59. The van der Waals surface area contributed by atoms with Gasteiger partial charge in [-0.2, -0.15) is 0 Å². The molecule has 4 amide bonds. The Hall–Kier alpha value is -10.9. The van der Waals surface area contributed by atoms with Crippen LogP contribution in [0.2, 0.25) is 35.2 Å². The van der Waals surface area contributed by atoms with Crippen LogP contribution in [-0.4, -0.2) is 153 Å². The van der Waals surface area contributed by atoms with Gasteiger partial charge in [0.05, 0.1) is 132 Å². The van der Waals surface area contributed by atoms with Crippen molar-refractivity contribution >= 4 is 172 Å². The molecule has 3 unspecified atom stereocenters. The Labute approximate surface area is 772 Å². The molecule has 26 nitrogen and oxygen atoms in total. The molecule has 0 saturated carbocycles. The van der Waals surface area contributed by atoms with E-state index in [4.69, 9.17) is 115 Å². The van der Waals surface area contributed by atoms with Crippen molar-refractivity contribution in [2.75, 3.05) is 67.1 Å². The number of methoxy groups -OCH3 is 2. The average molecular weight is 1890 g/mol. The molecule has 4 fully saturated rings. The summed E-state index contributed by atoms with van der Waals surface area (Å²) in [6.45, 7) is 15.7. The quantitative estimate of drug-likeness (QED) is 0.0279. The second kappa shape index (κ2) is 38.1. The summed E-state index contributed by atoms with van der Waals surface area (Å²) in [4.78, 5) is 98.7. The number of nitrogens with zero attached hydrogens (tertiary/aromatic N) is 4. The molecule has 128 heavy (non-hydrogen) atoms. The molecule has 4 aliphatic rings. The molecule has 0 aliphatic carbocycles. The summed E-state index contributed by atoms with van der Waals surface area (Å²) in [6, 6.07) is 45.1. The number of benzene rings is 8. The van der Waals surface area contributed by atoms with Gasteiger partial charge in [-0.3, -0.25) is 38.4 Å². The highest BCUT2D eigenvalue weighted by Gasteiger charge is 2.48. The fourth-order valence-electron chi connectivity index (χ4n) is 17.0. The van der Waals surface area contributed by atoms with Crippen molar-refractivity contribution < 1.29 is 87.2 Å². The van der Waals surface area contributed by atoms with Crippen LogP contribution in [0.3, 0.4) is 0 Å². The number of aryl methyl sites for hydroxylation is 6. The highest BCUT2D eigenvalue weighted by molar-refractivity contribution is 6.47. The summed E-state index contributed by atoms with van der Waals surface area (Å²) in [7, 11) is 10.3. The summed E-state index contributed by atoms with van der Waals surface area (Å²) in [6.07, 6.45) is -0.0445. The number of carbonyl (C=O) groups excluding carboxylic acids is 4. The lowest BCUT2D eigenvalue weighted by atomic mass is 9.83. The van der Waals surface area contributed by atoms with E-state index in [2.05, 4.69) is 21.3 Å². The first kappa shape index (κ1) is 94.8. The van der Waals surface area contributed by atoms with E-state index < -0.39 is 63.8 Å². The van der Waals surface area contributed by atoms with Crippen LogP contribution in [-0.2, 0) is 94.9 Å². The van der Waals surface area contributed by atoms with Crippen LogP contribution in [0.1, 0.15) is 150 Å². The van der Waals surface area contributed by atoms with Crippen molar-refractivity contribution in [1.29, 1.82) is 0 Å². The van der Waals surface area contributed by atoms with E-state index in [0.29, 0.717) is 150 Å². The van der Waals surface area contributed by atoms with Gasteiger partial charge in [0, 0.05) is 66.8 Å². The van der Waals surface area contributed by atoms with Gasteiger partial charge in [-0.25, -0.2) is 0 Å². The maximum Gasteiger partial charge on any atom is 0.311 e. The van der Waals surface area contributed by atoms with Crippen molar-refractivity contribution in [3.8, 4) is 11.5 Å². The Kier molecular flexibility index (Phi) is 28.2. The number of hydrogen-bond donors (Lipinski definition) is 8. The highest BCUT2D eigenvalue weighted by Crippen LogP contribution is 2.44. The Morgan fingerprint density at radius 3 is 1.04 bits per heavy atom. The fraction of sp³-hybridized carbons (Fsp3) is 0.326. The van der Waals surface area contributed by atoms with Gasteiger partial charge in [-0.1, -0.05) is 194 Å². The van der Waals surface area contributed by atoms with Crippen LogP contribution in [0.4, 0.5) is 0 Å². The van der Waals surface area contributed by atoms with Gasteiger partial charge >= 0.3 is 23.9 Å². The lowest BCUT2D eigenvalue weighted by Gasteiger charge is -2.43. The average Bonchev–Trinajstić information content (AvgIpc) is 1.58. The molecule has 4 saturated heterocycles. The molecule has 0 spiro atoms. The predicted molar refractivity (Wildman–Crippen MR) is 493 cm³/mol. The minimum absolute atomic E-state index is 0.0363. The van der Waals surface area contributed by atoms with Crippen LogP contribution < -0.4 is 30.7 Å². The number of amides is 4. The van der Waals surface area contributed by atoms with Crippen molar-refractivity contribution in [2.45, 2.75) is 94.8 Å². The van der Waals surface area contributed by atoms with Gasteiger partial charge in [-0.05, 0) is 149 Å². The molecule has 8 N–H and O–H groups in total. The number of rotatable bonds is 24. The smallest absolute Gasteiger partial charge is 0.311 e. The minimum atomic E-state index is -0.881. The minimum Gasteiger partial charge on any atom is -0.495 e. The highest BCUT2D eigenvalue weighted by atomic mass is 35.5. The number of carbonyl (C=O) groups is 8. The van der Waals surface area contributed by atoms with E-state index in [0.717, 1.165) is 72.0 Å². The van der Waals surface area contributed by atoms with Gasteiger partial charge in [-0.15, -0.1) is 0 Å². The van der Waals surface area contributed by atoms with Crippen molar-refractivity contribution in [3.05, 3.63) is 265 Å². The predicted octanol–water partition coefficient (Wildman–Crippen LogP) is 18.0. The van der Waals surface area contributed by atoms with Gasteiger partial charge < -0.3 is 88.4 Å². The third kappa shape index (κ3) is 18.3. The van der Waals surface area contributed by atoms with E-state index >= 15 is 0 Å². The molecular formula is C95H95Cl7N8O18. The number of nitrogens with one attached hydrogen (secondary N) is 4. The number of hydrogen-bond acceptors (Lipinski definition) is 14. The zero-order valence-corrected chi connectivity index (χ0v) is 77.4. The van der Waals surface area contributed by atoms with Gasteiger partial charge in [0.1, 0.15) is 61.5 Å². The number of carboxylic acids is 4. The van der Waals surface area contributed by atoms with Gasteiger partial charge in [0.2, 0.25) is 0 Å². The SMILES string of the molecule is CC(C)C(C(=O)O)c1ccc(C2(NC(=O)c3cc4c(Cl)c(Cl)ccc4n3C)COC2)cc1.COc1cc2c(cc(C(=O)NC3(c4ccc(C(C(=O)O)C(C)C)cc4)COC3)n2C)c(Cl)c1Cl.COc1ccc2c(cc(C(=O)NC3(c4ccc(CC(=O)O)cc4C)COC3)n2C)c1Cl.Cc1cc(C(C)C(=O)O)ccc1C1(NC(=O)c2cc3c(Cl)c(Cl)ccc3n2C)COC1. The van der Waals surface area contributed by atoms with Crippen molar-refractivity contribution in [3.63, 3.8) is 0 Å². The first-order valence-electron chi connectivity index (χ1n) is 40.8. The number of halogens is 7. The van der Waals surface area contributed by atoms with Gasteiger partial charge in [0.25, 0.3) is 23.6 Å². The van der Waals surface area contributed by atoms with E-state index in [-0.39, 0.29) is 41.9 Å². The van der Waals surface area contributed by atoms with Crippen molar-refractivity contribution in [1.82, 2.24) is 39.5 Å². The maximum absolute atomic E-state index is 13.3. The standard InChI is InChI=1S/C25H26Cl2N2O5.C24H24Cl2N2O4.C23H22Cl2N2O4.C23H23ClN2O5/c1-13(2)20(24(31)32)14-5-7-15(8-6-14)25(11-34-12-25)28-23(30)18-9-16-17(29(18)3)10-19(33-4)22(27)21(16)26;1-13(2)20(23(30)31)14-4-6-15(7-5-14)24(11-32-12-24)27-22(29)19-10-16-18(28(19)3)9-8-17(25)21(16)26;1-12-8-14(13(2)22(29)30)4-5-16(12)23(10-31-11-23)26-21(28)19-9-15-18(27(19)3)7-6-17(24)20(15)25;1-13-8-14(9-20(27)28)4-5-16(13)23(11-31-12-23)25-22(29)18-10-15-17(26(18)2)6-7-19(30-3)21(15)24/h5-10,13,20H,11-12H2,1-4H3,(H,28,30)(H,31,32);4-10,13,20H,11-12H2,1-3H3,(H,27,29)(H,30,31);4-9,13H,10-11H2,1-3H3,(H,26,28)(H,29,30);4-8,10H,9,11-12H2,1-3H3,(H,25,29)(H,27,28). The Balaban J connectivity index is 0.000000146. The Morgan fingerprint density at radius 2 is 0.711 bits per heavy atom. The second-order valence-corrected chi connectivity index (χ2v) is 36.1. The van der Waals surface area contributed by atoms with Crippen LogP contribution in [0, 0.1) is 25.7 Å². The first-order chi connectivity index (χ1) is 60.6. The number of ether oxygens (including phenoxy) is 6. The first-order valence-corrected chi connectivity index (χ1v) is 43.4. The van der Waals surface area contributed by atoms with Gasteiger partial charge in [0.15, 0.2) is 0 Å². The fourth-order valence-corrected chi connectivity index (χ4v) is 18.5. The molecule has 33 heteroatoms. The van der Waals surface area contributed by atoms with E-state index in [1.54, 1.807) is 114 Å². The molecule has 8 heterocycles. The summed E-state index contributed by atoms with van der Waals surface area (Å²) in [5.41, 5.74) is 10.5. The zero-order chi connectivity index (χ0) is 92.8. The second-order valence-electron chi connectivity index (χ2n) is 33.4. The van der Waals surface area contributed by atoms with Crippen LogP contribution in [0.5, 0.6) is 11.5 Å². The van der Waals surface area contributed by atoms with E-state index in [1.807, 2.05) is 140 Å². The molecule has 4 aromatic heterocycles. The number of fused-ring (bicyclic) bond motifs is 4. The Bertz CT molecular complexity index is 6400. The Morgan fingerprint density at radius 1 is 0.375 bits per heavy atom. The molecule has 0 bridgehead atoms. The van der Waals surface area contributed by atoms with Crippen molar-refractivity contribution in [2.24, 2.45) is 40.0 Å². The lowest BCUT2D eigenvalue weighted by molar-refractivity contribution is -0.140. The van der Waals surface area contributed by atoms with E-state index in [1.165, 1.54) is 7.11 Å².